The monoisotopic (exact) mass is 315 g/mol. The van der Waals surface area contributed by atoms with Crippen molar-refractivity contribution in [2.24, 2.45) is 0 Å². The van der Waals surface area contributed by atoms with Gasteiger partial charge in [0.25, 0.3) is 0 Å². The predicted octanol–water partition coefficient (Wildman–Crippen LogP) is 3.05. The van der Waals surface area contributed by atoms with Gasteiger partial charge in [0.15, 0.2) is 10.6 Å². The molecule has 22 heavy (non-hydrogen) atoms. The molecule has 1 saturated heterocycles. The van der Waals surface area contributed by atoms with Gasteiger partial charge >= 0.3 is 7.80 Å². The Hall–Kier alpha value is -1.80. The van der Waals surface area contributed by atoms with Gasteiger partial charge in [0, 0.05) is 0 Å². The summed E-state index contributed by atoms with van der Waals surface area (Å²) in [6.45, 7) is 5.75. The normalized spacial score (nSPS) is 15.4. The highest BCUT2D eigenvalue weighted by molar-refractivity contribution is 7.61. The minimum atomic E-state index is -1.42. The number of rotatable bonds is 6. The second-order valence-corrected chi connectivity index (χ2v) is 6.37. The smallest absolute Gasteiger partial charge is 0.375 e. The molecule has 0 aliphatic carbocycles. The first-order valence-corrected chi connectivity index (χ1v) is 8.45. The predicted molar refractivity (Wildman–Crippen MR) is 90.5 cm³/mol. The van der Waals surface area contributed by atoms with Gasteiger partial charge in [0.1, 0.15) is 6.10 Å². The lowest BCUT2D eigenvalue weighted by atomic mass is 10.4. The molecule has 0 N–H and O–H groups in total. The zero-order chi connectivity index (χ0) is 15.6. The van der Waals surface area contributed by atoms with Crippen molar-refractivity contribution >= 4 is 18.4 Å². The zero-order valence-electron chi connectivity index (χ0n) is 12.4. The molecule has 3 rings (SSSR count). The Morgan fingerprint density at radius 1 is 1.09 bits per heavy atom. The first-order valence-electron chi connectivity index (χ1n) is 7.19. The van der Waals surface area contributed by atoms with Crippen molar-refractivity contribution in [3.05, 3.63) is 73.3 Å². The summed E-state index contributed by atoms with van der Waals surface area (Å²) in [5.41, 5.74) is 0. The summed E-state index contributed by atoms with van der Waals surface area (Å²) in [7, 11) is -1.42. The molecule has 114 valence electrons. The highest BCUT2D eigenvalue weighted by atomic mass is 31.1. The van der Waals surface area contributed by atoms with Crippen LogP contribution in [0.15, 0.2) is 73.3 Å². The highest BCUT2D eigenvalue weighted by Crippen LogP contribution is 2.18. The van der Waals surface area contributed by atoms with E-state index in [1.54, 1.807) is 6.08 Å². The van der Waals surface area contributed by atoms with Crippen LogP contribution in [0.2, 0.25) is 0 Å². The average molecular weight is 315 g/mol. The van der Waals surface area contributed by atoms with Crippen molar-refractivity contribution in [1.29, 1.82) is 0 Å². The van der Waals surface area contributed by atoms with Crippen LogP contribution in [0.4, 0.5) is 0 Å². The van der Waals surface area contributed by atoms with Crippen LogP contribution in [0.25, 0.3) is 0 Å². The molecule has 1 aliphatic rings. The molecular weight excluding hydrogens is 295 g/mol. The molecule has 2 aromatic carbocycles. The summed E-state index contributed by atoms with van der Waals surface area (Å²) >= 11 is 0. The van der Waals surface area contributed by atoms with Gasteiger partial charge in [0.05, 0.1) is 19.8 Å². The van der Waals surface area contributed by atoms with Crippen LogP contribution in [0.1, 0.15) is 0 Å². The third-order valence-corrected chi connectivity index (χ3v) is 4.46. The Kier molecular flexibility index (Phi) is 6.98. The fraction of sp³-hybridized carbons (Fsp3) is 0.222. The lowest BCUT2D eigenvalue weighted by molar-refractivity contribution is 0.141. The van der Waals surface area contributed by atoms with E-state index in [1.807, 2.05) is 60.7 Å². The molecule has 1 atom stereocenters. The minimum Gasteiger partial charge on any atom is -0.375 e. The summed E-state index contributed by atoms with van der Waals surface area (Å²) in [5, 5.41) is 1.77. The number of ether oxygens (including phenoxy) is 2. The second-order valence-electron chi connectivity index (χ2n) is 4.75. The number of hydrogen-bond donors (Lipinski definition) is 0. The van der Waals surface area contributed by atoms with Crippen LogP contribution < -0.4 is 10.6 Å². The maximum absolute atomic E-state index is 12.0. The zero-order valence-corrected chi connectivity index (χ0v) is 13.3. The summed E-state index contributed by atoms with van der Waals surface area (Å²) in [5.74, 6) is 0. The quantitative estimate of drug-likeness (QED) is 0.356. The molecule has 0 radical (unpaired) electrons. The van der Waals surface area contributed by atoms with E-state index in [-0.39, 0.29) is 0 Å². The van der Waals surface area contributed by atoms with Gasteiger partial charge in [-0.1, -0.05) is 47.0 Å². The number of benzene rings is 2. The molecule has 1 fully saturated rings. The first-order chi connectivity index (χ1) is 10.8. The minimum absolute atomic E-state index is 0.384. The van der Waals surface area contributed by atoms with Crippen molar-refractivity contribution < 1.29 is 14.0 Å². The van der Waals surface area contributed by atoms with E-state index in [4.69, 9.17) is 9.47 Å². The van der Waals surface area contributed by atoms with E-state index in [2.05, 4.69) is 6.58 Å². The van der Waals surface area contributed by atoms with Gasteiger partial charge in [-0.15, -0.1) is 6.58 Å². The maximum atomic E-state index is 12.0. The fourth-order valence-corrected chi connectivity index (χ4v) is 2.91. The molecule has 1 aliphatic heterocycles. The molecule has 3 nitrogen and oxygen atoms in total. The Balaban J connectivity index is 0.000000188. The average Bonchev–Trinajstić information content (AvgIpc) is 3.41. The van der Waals surface area contributed by atoms with Crippen LogP contribution in [-0.4, -0.2) is 25.9 Å². The van der Waals surface area contributed by atoms with E-state index in [0.29, 0.717) is 12.7 Å². The van der Waals surface area contributed by atoms with Gasteiger partial charge in [-0.25, -0.2) is 0 Å². The van der Waals surface area contributed by atoms with Crippen LogP contribution in [-0.2, 0) is 14.0 Å². The first kappa shape index (κ1) is 16.6. The van der Waals surface area contributed by atoms with Gasteiger partial charge < -0.3 is 9.47 Å². The molecule has 0 amide bonds. The third kappa shape index (κ3) is 5.90. The SMILES string of the molecule is C=CCOCC1CO1.O=[P+](c1ccccc1)c1ccccc1. The molecular formula is C18H20O3P+. The third-order valence-electron chi connectivity index (χ3n) is 2.92. The van der Waals surface area contributed by atoms with E-state index >= 15 is 0 Å². The van der Waals surface area contributed by atoms with Gasteiger partial charge in [-0.3, -0.25) is 0 Å². The Labute approximate surface area is 132 Å². The Morgan fingerprint density at radius 3 is 2.00 bits per heavy atom. The molecule has 0 aromatic heterocycles. The molecule has 2 aromatic rings. The largest absolute Gasteiger partial charge is 0.415 e. The van der Waals surface area contributed by atoms with E-state index in [9.17, 15) is 4.57 Å². The van der Waals surface area contributed by atoms with Crippen molar-refractivity contribution in [2.45, 2.75) is 6.10 Å². The van der Waals surface area contributed by atoms with Crippen LogP contribution in [0.3, 0.4) is 0 Å². The van der Waals surface area contributed by atoms with E-state index in [0.717, 1.165) is 23.8 Å². The van der Waals surface area contributed by atoms with Crippen molar-refractivity contribution in [1.82, 2.24) is 0 Å². The summed E-state index contributed by atoms with van der Waals surface area (Å²) in [6.07, 6.45) is 2.12. The van der Waals surface area contributed by atoms with Crippen LogP contribution in [0, 0.1) is 0 Å². The van der Waals surface area contributed by atoms with Crippen molar-refractivity contribution in [3.63, 3.8) is 0 Å². The topological polar surface area (TPSA) is 38.8 Å². The standard InChI is InChI=1S/C12H10OP.C6H10O2/c13-14(11-7-3-1-4-8-11)12-9-5-2-6-10-12;1-2-3-7-4-6-5-8-6/h1-10H;2,6H,1,3-5H2/q+1;. The van der Waals surface area contributed by atoms with Crippen molar-refractivity contribution in [3.8, 4) is 0 Å². The van der Waals surface area contributed by atoms with Crippen LogP contribution >= 0.6 is 7.80 Å². The van der Waals surface area contributed by atoms with E-state index in [1.165, 1.54) is 0 Å². The van der Waals surface area contributed by atoms with Crippen molar-refractivity contribution in [2.75, 3.05) is 19.8 Å². The van der Waals surface area contributed by atoms with Crippen LogP contribution in [0.5, 0.6) is 0 Å². The molecule has 0 spiro atoms. The lowest BCUT2D eigenvalue weighted by Gasteiger charge is -1.92. The van der Waals surface area contributed by atoms with Gasteiger partial charge in [-0.2, -0.15) is 0 Å². The lowest BCUT2D eigenvalue weighted by Crippen LogP contribution is -2.04. The van der Waals surface area contributed by atoms with Gasteiger partial charge in [0.2, 0.25) is 0 Å². The van der Waals surface area contributed by atoms with E-state index < -0.39 is 7.80 Å². The fourth-order valence-electron chi connectivity index (χ4n) is 1.72. The molecule has 4 heteroatoms. The summed E-state index contributed by atoms with van der Waals surface area (Å²) < 4.78 is 22.0. The van der Waals surface area contributed by atoms with Gasteiger partial charge in [-0.05, 0) is 24.3 Å². The summed E-state index contributed by atoms with van der Waals surface area (Å²) in [4.78, 5) is 0. The second kappa shape index (κ2) is 9.26. The number of hydrogen-bond acceptors (Lipinski definition) is 3. The molecule has 1 unspecified atom stereocenters. The molecule has 0 bridgehead atoms. The molecule has 1 heterocycles. The Bertz CT molecular complexity index is 538. The summed E-state index contributed by atoms with van der Waals surface area (Å²) in [6, 6.07) is 19.1. The maximum Gasteiger partial charge on any atom is 0.415 e. The number of epoxide rings is 1. The highest BCUT2D eigenvalue weighted by Gasteiger charge is 2.22. The molecule has 0 saturated carbocycles. The Morgan fingerprint density at radius 2 is 1.59 bits per heavy atom.